The van der Waals surface area contributed by atoms with Gasteiger partial charge in [-0.25, -0.2) is 13.9 Å². The van der Waals surface area contributed by atoms with Crippen LogP contribution >= 0.6 is 0 Å². The van der Waals surface area contributed by atoms with E-state index in [0.29, 0.717) is 32.4 Å². The van der Waals surface area contributed by atoms with Crippen molar-refractivity contribution < 1.29 is 8.42 Å². The Morgan fingerprint density at radius 2 is 2.05 bits per heavy atom. The Hall–Kier alpha value is -1.78. The molecule has 112 valence electrons. The van der Waals surface area contributed by atoms with Gasteiger partial charge in [0.05, 0.1) is 16.0 Å². The molecule has 6 nitrogen and oxygen atoms in total. The molecule has 2 rings (SSSR count). The monoisotopic (exact) mass is 306 g/mol. The van der Waals surface area contributed by atoms with E-state index in [4.69, 9.17) is 10.8 Å². The van der Waals surface area contributed by atoms with Crippen molar-refractivity contribution in [2.45, 2.75) is 36.6 Å². The zero-order valence-corrected chi connectivity index (χ0v) is 12.7. The Bertz CT molecular complexity index is 680. The van der Waals surface area contributed by atoms with Gasteiger partial charge >= 0.3 is 0 Å². The molecular formula is C14H18N4O2S. The Morgan fingerprint density at radius 3 is 2.71 bits per heavy atom. The van der Waals surface area contributed by atoms with Crippen LogP contribution in [0.4, 0.5) is 0 Å². The molecule has 0 spiro atoms. The second kappa shape index (κ2) is 5.92. The third-order valence-electron chi connectivity index (χ3n) is 3.92. The fourth-order valence-corrected chi connectivity index (χ4v) is 4.14. The van der Waals surface area contributed by atoms with E-state index >= 15 is 0 Å². The first-order valence-corrected chi connectivity index (χ1v) is 8.25. The van der Waals surface area contributed by atoms with Crippen LogP contribution in [-0.2, 0) is 10.0 Å². The molecule has 0 aliphatic carbocycles. The number of nitrogens with zero attached hydrogens (tertiary/aromatic N) is 3. The van der Waals surface area contributed by atoms with Gasteiger partial charge < -0.3 is 0 Å². The summed E-state index contributed by atoms with van der Waals surface area (Å²) in [4.78, 5) is 0.0546. The van der Waals surface area contributed by atoms with Gasteiger partial charge in [-0.1, -0.05) is 12.1 Å². The number of rotatable bonds is 3. The quantitative estimate of drug-likeness (QED) is 0.869. The van der Waals surface area contributed by atoms with E-state index in [1.807, 2.05) is 13.0 Å². The average molecular weight is 306 g/mol. The minimum atomic E-state index is -3.68. The van der Waals surface area contributed by atoms with Gasteiger partial charge in [-0.05, 0) is 38.3 Å². The van der Waals surface area contributed by atoms with Crippen LogP contribution in [0, 0.1) is 16.9 Å². The summed E-state index contributed by atoms with van der Waals surface area (Å²) in [7, 11) is -3.68. The maximum Gasteiger partial charge on any atom is 0.244 e. The lowest BCUT2D eigenvalue weighted by molar-refractivity contribution is 0.376. The fourth-order valence-electron chi connectivity index (χ4n) is 2.51. The van der Waals surface area contributed by atoms with Crippen LogP contribution in [0.5, 0.6) is 0 Å². The lowest BCUT2D eigenvalue weighted by Crippen LogP contribution is -2.33. The summed E-state index contributed by atoms with van der Waals surface area (Å²) in [5, 5.41) is 12.7. The number of sulfonamides is 1. The van der Waals surface area contributed by atoms with E-state index in [2.05, 4.69) is 5.11 Å². The fraction of sp³-hybridized carbons (Fsp3) is 0.500. The smallest absolute Gasteiger partial charge is 0.209 e. The van der Waals surface area contributed by atoms with Gasteiger partial charge in [0.15, 0.2) is 0 Å². The predicted molar refractivity (Wildman–Crippen MR) is 77.3 cm³/mol. The van der Waals surface area contributed by atoms with E-state index in [1.54, 1.807) is 12.1 Å². The third-order valence-corrected chi connectivity index (χ3v) is 5.87. The Morgan fingerprint density at radius 1 is 1.33 bits per heavy atom. The predicted octanol–water partition coefficient (Wildman–Crippen LogP) is 2.52. The largest absolute Gasteiger partial charge is 0.244 e. The molecule has 7 heteroatoms. The summed E-state index contributed by atoms with van der Waals surface area (Å²) in [6.45, 7) is 2.59. The summed E-state index contributed by atoms with van der Waals surface area (Å²) >= 11 is 0. The number of hydrogen-bond acceptors (Lipinski definition) is 5. The van der Waals surface area contributed by atoms with Gasteiger partial charge in [-0.3, -0.25) is 0 Å². The molecular weight excluding hydrogens is 288 g/mol. The highest BCUT2D eigenvalue weighted by Gasteiger charge is 2.33. The van der Waals surface area contributed by atoms with Crippen molar-refractivity contribution >= 4 is 10.0 Å². The first-order valence-electron chi connectivity index (χ1n) is 6.81. The minimum absolute atomic E-state index is 0.0546. The van der Waals surface area contributed by atoms with Gasteiger partial charge in [0.2, 0.25) is 10.0 Å². The van der Waals surface area contributed by atoms with Crippen molar-refractivity contribution in [3.8, 4) is 6.07 Å². The first kappa shape index (κ1) is 15.6. The molecule has 0 bridgehead atoms. The van der Waals surface area contributed by atoms with Crippen molar-refractivity contribution in [1.82, 2.24) is 4.31 Å². The second-order valence-corrected chi connectivity index (χ2v) is 7.38. The average Bonchev–Trinajstić information content (AvgIpc) is 2.70. The standard InChI is InChI=1S/C14H18N4O2S/c1-14(17-16)7-4-9-18(10-8-14)21(19,20)13-6-3-2-5-12(13)11-15/h2-3,5-6,16H,4,7-10H2,1H3. The van der Waals surface area contributed by atoms with Crippen molar-refractivity contribution in [2.24, 2.45) is 5.11 Å². The van der Waals surface area contributed by atoms with Crippen LogP contribution in [-0.4, -0.2) is 31.4 Å². The van der Waals surface area contributed by atoms with Crippen molar-refractivity contribution in [1.29, 1.82) is 10.8 Å². The van der Waals surface area contributed by atoms with Crippen LogP contribution in [0.25, 0.3) is 0 Å². The molecule has 0 amide bonds. The summed E-state index contributed by atoms with van der Waals surface area (Å²) in [6, 6.07) is 8.17. The number of nitriles is 1. The molecule has 1 aromatic carbocycles. The zero-order chi connectivity index (χ0) is 15.5. The van der Waals surface area contributed by atoms with Crippen LogP contribution in [0.15, 0.2) is 34.3 Å². The van der Waals surface area contributed by atoms with Crippen LogP contribution in [0.2, 0.25) is 0 Å². The molecule has 1 aromatic rings. The van der Waals surface area contributed by atoms with E-state index < -0.39 is 15.6 Å². The molecule has 1 saturated heterocycles. The highest BCUT2D eigenvalue weighted by atomic mass is 32.2. The first-order chi connectivity index (χ1) is 9.93. The Balaban J connectivity index is 2.32. The molecule has 0 aromatic heterocycles. The normalized spacial score (nSPS) is 24.0. The SMILES string of the molecule is CC1(N=N)CCCN(S(=O)(=O)c2ccccc2C#N)CC1. The molecule has 1 aliphatic rings. The van der Waals surface area contributed by atoms with Gasteiger partial charge in [0.25, 0.3) is 0 Å². The molecule has 1 aliphatic heterocycles. The van der Waals surface area contributed by atoms with Crippen molar-refractivity contribution in [3.63, 3.8) is 0 Å². The van der Waals surface area contributed by atoms with Crippen molar-refractivity contribution in [3.05, 3.63) is 29.8 Å². The lowest BCUT2D eigenvalue weighted by Gasteiger charge is -2.22. The molecule has 0 radical (unpaired) electrons. The maximum absolute atomic E-state index is 12.7. The third kappa shape index (κ3) is 3.12. The number of hydrogen-bond donors (Lipinski definition) is 1. The summed E-state index contributed by atoms with van der Waals surface area (Å²) in [5.74, 6) is 0. The van der Waals surface area contributed by atoms with Crippen LogP contribution in [0.1, 0.15) is 31.7 Å². The molecule has 1 atom stereocenters. The molecule has 1 unspecified atom stereocenters. The number of benzene rings is 1. The minimum Gasteiger partial charge on any atom is -0.209 e. The van der Waals surface area contributed by atoms with E-state index in [0.717, 1.165) is 0 Å². The molecule has 21 heavy (non-hydrogen) atoms. The van der Waals surface area contributed by atoms with E-state index in [1.165, 1.54) is 16.4 Å². The summed E-state index contributed by atoms with van der Waals surface area (Å²) < 4.78 is 26.8. The van der Waals surface area contributed by atoms with E-state index in [-0.39, 0.29) is 10.5 Å². The van der Waals surface area contributed by atoms with Gasteiger partial charge in [-0.15, -0.1) is 0 Å². The topological polar surface area (TPSA) is 97.4 Å². The van der Waals surface area contributed by atoms with Gasteiger partial charge in [-0.2, -0.15) is 14.7 Å². The van der Waals surface area contributed by atoms with Gasteiger partial charge in [0.1, 0.15) is 6.07 Å². The Kier molecular flexibility index (Phi) is 4.40. The number of nitrogens with one attached hydrogen (secondary N) is 1. The molecule has 1 N–H and O–H groups in total. The van der Waals surface area contributed by atoms with Crippen LogP contribution < -0.4 is 0 Å². The highest BCUT2D eigenvalue weighted by molar-refractivity contribution is 7.89. The van der Waals surface area contributed by atoms with E-state index in [9.17, 15) is 8.42 Å². The molecule has 1 fully saturated rings. The van der Waals surface area contributed by atoms with Crippen LogP contribution in [0.3, 0.4) is 0 Å². The Labute approximate surface area is 124 Å². The maximum atomic E-state index is 12.7. The van der Waals surface area contributed by atoms with Crippen molar-refractivity contribution in [2.75, 3.05) is 13.1 Å². The lowest BCUT2D eigenvalue weighted by atomic mass is 9.94. The zero-order valence-electron chi connectivity index (χ0n) is 11.9. The summed E-state index contributed by atoms with van der Waals surface area (Å²) in [6.07, 6.45) is 1.87. The second-order valence-electron chi connectivity index (χ2n) is 5.47. The highest BCUT2D eigenvalue weighted by Crippen LogP contribution is 2.29. The molecule has 1 heterocycles. The van der Waals surface area contributed by atoms with Gasteiger partial charge in [0, 0.05) is 13.1 Å². The molecule has 0 saturated carbocycles. The summed E-state index contributed by atoms with van der Waals surface area (Å²) in [5.41, 5.74) is 6.93.